The van der Waals surface area contributed by atoms with Gasteiger partial charge >= 0.3 is 0 Å². The minimum Gasteiger partial charge on any atom is -0.496 e. The molecule has 0 aliphatic rings. The summed E-state index contributed by atoms with van der Waals surface area (Å²) >= 11 is 0. The zero-order chi connectivity index (χ0) is 14.0. The van der Waals surface area contributed by atoms with E-state index in [0.717, 1.165) is 11.1 Å². The summed E-state index contributed by atoms with van der Waals surface area (Å²) in [6.45, 7) is 3.68. The van der Waals surface area contributed by atoms with Crippen LogP contribution in [0.3, 0.4) is 0 Å². The molecule has 0 bridgehead atoms. The molecule has 19 heavy (non-hydrogen) atoms. The fourth-order valence-electron chi connectivity index (χ4n) is 1.98. The fourth-order valence-corrected chi connectivity index (χ4v) is 1.98. The molecular weight excluding hydrogens is 243 g/mol. The lowest BCUT2D eigenvalue weighted by Gasteiger charge is -2.10. The highest BCUT2D eigenvalue weighted by atomic mass is 19.1. The molecule has 3 heteroatoms. The average molecular weight is 258 g/mol. The first kappa shape index (κ1) is 13.3. The van der Waals surface area contributed by atoms with Crippen LogP contribution >= 0.6 is 0 Å². The molecule has 0 spiro atoms. The van der Waals surface area contributed by atoms with Crippen molar-refractivity contribution in [3.05, 3.63) is 64.5 Å². The summed E-state index contributed by atoms with van der Waals surface area (Å²) in [5, 5.41) is 0. The first-order valence-corrected chi connectivity index (χ1v) is 5.98. The van der Waals surface area contributed by atoms with Crippen LogP contribution < -0.4 is 4.74 Å². The van der Waals surface area contributed by atoms with Gasteiger partial charge in [-0.1, -0.05) is 17.7 Å². The molecule has 0 aliphatic heterocycles. The number of benzene rings is 2. The Bertz CT molecular complexity index is 633. The van der Waals surface area contributed by atoms with Crippen LogP contribution in [0.15, 0.2) is 36.4 Å². The third kappa shape index (κ3) is 2.65. The molecule has 2 aromatic rings. The number of halogens is 1. The van der Waals surface area contributed by atoms with Gasteiger partial charge in [-0.25, -0.2) is 4.39 Å². The first-order chi connectivity index (χ1) is 9.02. The molecule has 0 saturated carbocycles. The van der Waals surface area contributed by atoms with Crippen molar-refractivity contribution in [2.45, 2.75) is 13.8 Å². The summed E-state index contributed by atoms with van der Waals surface area (Å²) in [6, 6.07) is 9.58. The number of hydrogen-bond donors (Lipinski definition) is 0. The molecule has 0 unspecified atom stereocenters. The highest BCUT2D eigenvalue weighted by molar-refractivity contribution is 6.11. The monoisotopic (exact) mass is 258 g/mol. The number of hydrogen-bond acceptors (Lipinski definition) is 2. The van der Waals surface area contributed by atoms with Crippen LogP contribution in [-0.2, 0) is 0 Å². The maximum Gasteiger partial charge on any atom is 0.197 e. The molecular formula is C16H15FO2. The number of carbonyl (C=O) groups excluding carboxylic acids is 1. The van der Waals surface area contributed by atoms with Crippen LogP contribution in [-0.4, -0.2) is 12.9 Å². The van der Waals surface area contributed by atoms with Crippen molar-refractivity contribution in [2.75, 3.05) is 7.11 Å². The number of carbonyl (C=O) groups is 1. The maximum absolute atomic E-state index is 13.3. The van der Waals surface area contributed by atoms with Gasteiger partial charge in [-0.15, -0.1) is 0 Å². The van der Waals surface area contributed by atoms with Crippen LogP contribution in [0.25, 0.3) is 0 Å². The molecule has 0 heterocycles. The van der Waals surface area contributed by atoms with E-state index in [1.54, 1.807) is 25.1 Å². The van der Waals surface area contributed by atoms with Crippen LogP contribution in [0, 0.1) is 19.7 Å². The SMILES string of the molecule is COc1ccc(C)cc1C(=O)c1cc(F)ccc1C. The Morgan fingerprint density at radius 1 is 1.05 bits per heavy atom. The minimum atomic E-state index is -0.416. The lowest BCUT2D eigenvalue weighted by Crippen LogP contribution is -2.06. The van der Waals surface area contributed by atoms with Gasteiger partial charge < -0.3 is 4.74 Å². The van der Waals surface area contributed by atoms with Crippen molar-refractivity contribution in [1.29, 1.82) is 0 Å². The van der Waals surface area contributed by atoms with E-state index < -0.39 is 5.82 Å². The van der Waals surface area contributed by atoms with E-state index in [2.05, 4.69) is 0 Å². The second kappa shape index (κ2) is 5.22. The molecule has 0 radical (unpaired) electrons. The largest absolute Gasteiger partial charge is 0.496 e. The Morgan fingerprint density at radius 2 is 1.79 bits per heavy atom. The van der Waals surface area contributed by atoms with Gasteiger partial charge in [0.2, 0.25) is 0 Å². The Labute approximate surface area is 111 Å². The Hall–Kier alpha value is -2.16. The summed E-state index contributed by atoms with van der Waals surface area (Å²) < 4.78 is 18.5. The summed E-state index contributed by atoms with van der Waals surface area (Å²) in [5.74, 6) is -0.141. The van der Waals surface area contributed by atoms with Crippen LogP contribution in [0.5, 0.6) is 5.75 Å². The van der Waals surface area contributed by atoms with Crippen molar-refractivity contribution in [3.63, 3.8) is 0 Å². The first-order valence-electron chi connectivity index (χ1n) is 5.98. The van der Waals surface area contributed by atoms with Gasteiger partial charge in [0.25, 0.3) is 0 Å². The van der Waals surface area contributed by atoms with Crippen LogP contribution in [0.1, 0.15) is 27.0 Å². The van der Waals surface area contributed by atoms with E-state index in [9.17, 15) is 9.18 Å². The highest BCUT2D eigenvalue weighted by Gasteiger charge is 2.17. The van der Waals surface area contributed by atoms with Gasteiger partial charge in [-0.3, -0.25) is 4.79 Å². The van der Waals surface area contributed by atoms with E-state index in [-0.39, 0.29) is 5.78 Å². The van der Waals surface area contributed by atoms with E-state index >= 15 is 0 Å². The van der Waals surface area contributed by atoms with Gasteiger partial charge in [-0.05, 0) is 43.7 Å². The molecule has 2 nitrogen and oxygen atoms in total. The van der Waals surface area contributed by atoms with Crippen LogP contribution in [0.2, 0.25) is 0 Å². The van der Waals surface area contributed by atoms with Crippen molar-refractivity contribution in [1.82, 2.24) is 0 Å². The average Bonchev–Trinajstić information content (AvgIpc) is 2.40. The highest BCUT2D eigenvalue weighted by Crippen LogP contribution is 2.24. The third-order valence-corrected chi connectivity index (χ3v) is 3.04. The fraction of sp³-hybridized carbons (Fsp3) is 0.188. The van der Waals surface area contributed by atoms with Gasteiger partial charge in [0.1, 0.15) is 11.6 Å². The molecule has 0 N–H and O–H groups in total. The Morgan fingerprint density at radius 3 is 2.47 bits per heavy atom. The molecule has 2 aromatic carbocycles. The zero-order valence-electron chi connectivity index (χ0n) is 11.2. The molecule has 0 amide bonds. The quantitative estimate of drug-likeness (QED) is 0.785. The molecule has 98 valence electrons. The summed E-state index contributed by atoms with van der Waals surface area (Å²) in [4.78, 5) is 12.5. The minimum absolute atomic E-state index is 0.224. The molecule has 2 rings (SSSR count). The summed E-state index contributed by atoms with van der Waals surface area (Å²) in [7, 11) is 1.51. The van der Waals surface area contributed by atoms with E-state index in [4.69, 9.17) is 4.74 Å². The van der Waals surface area contributed by atoms with Gasteiger partial charge in [0.15, 0.2) is 5.78 Å². The van der Waals surface area contributed by atoms with E-state index in [1.807, 2.05) is 13.0 Å². The normalized spacial score (nSPS) is 10.3. The Kier molecular flexibility index (Phi) is 3.65. The molecule has 0 fully saturated rings. The number of methoxy groups -OCH3 is 1. The lowest BCUT2D eigenvalue weighted by atomic mass is 9.97. The van der Waals surface area contributed by atoms with Crippen molar-refractivity contribution in [2.24, 2.45) is 0 Å². The van der Waals surface area contributed by atoms with Gasteiger partial charge in [0.05, 0.1) is 12.7 Å². The summed E-state index contributed by atoms with van der Waals surface area (Å²) in [6.07, 6.45) is 0. The van der Waals surface area contributed by atoms with Crippen molar-refractivity contribution >= 4 is 5.78 Å². The van der Waals surface area contributed by atoms with E-state index in [1.165, 1.54) is 19.2 Å². The topological polar surface area (TPSA) is 26.3 Å². The van der Waals surface area contributed by atoms with Gasteiger partial charge in [-0.2, -0.15) is 0 Å². The number of ether oxygens (including phenoxy) is 1. The predicted molar refractivity (Wildman–Crippen MR) is 72.3 cm³/mol. The number of rotatable bonds is 3. The predicted octanol–water partition coefficient (Wildman–Crippen LogP) is 3.68. The molecule has 0 saturated heterocycles. The third-order valence-electron chi connectivity index (χ3n) is 3.04. The smallest absolute Gasteiger partial charge is 0.197 e. The van der Waals surface area contributed by atoms with Crippen LogP contribution in [0.4, 0.5) is 4.39 Å². The van der Waals surface area contributed by atoms with Crippen molar-refractivity contribution in [3.8, 4) is 5.75 Å². The van der Waals surface area contributed by atoms with Crippen molar-refractivity contribution < 1.29 is 13.9 Å². The molecule has 0 aromatic heterocycles. The standard InChI is InChI=1S/C16H15FO2/c1-10-4-7-15(19-3)14(8-10)16(18)13-9-12(17)6-5-11(13)2/h4-9H,1-3H3. The lowest BCUT2D eigenvalue weighted by molar-refractivity contribution is 0.103. The Balaban J connectivity index is 2.55. The second-order valence-electron chi connectivity index (χ2n) is 4.49. The number of ketones is 1. The molecule has 0 atom stereocenters. The summed E-state index contributed by atoms with van der Waals surface area (Å²) in [5.41, 5.74) is 2.52. The number of aryl methyl sites for hydroxylation is 2. The molecule has 0 aliphatic carbocycles. The van der Waals surface area contributed by atoms with Gasteiger partial charge in [0, 0.05) is 5.56 Å². The zero-order valence-corrected chi connectivity index (χ0v) is 11.2. The second-order valence-corrected chi connectivity index (χ2v) is 4.49. The maximum atomic E-state index is 13.3. The van der Waals surface area contributed by atoms with E-state index in [0.29, 0.717) is 16.9 Å².